The second-order valence-corrected chi connectivity index (χ2v) is 6.64. The molecule has 3 rings (SSSR count). The molecule has 0 radical (unpaired) electrons. The molecule has 1 aliphatic heterocycles. The molecule has 1 fully saturated rings. The van der Waals surface area contributed by atoms with Crippen molar-refractivity contribution >= 4 is 11.6 Å². The number of nitrogen functional groups attached to an aromatic ring is 1. The fourth-order valence-corrected chi connectivity index (χ4v) is 3.42. The molecule has 1 saturated heterocycles. The molecule has 4 atom stereocenters. The maximum absolute atomic E-state index is 12.4. The Kier molecular flexibility index (Phi) is 5.84. The molecule has 2 aromatic heterocycles. The van der Waals surface area contributed by atoms with Gasteiger partial charge in [0.2, 0.25) is 0 Å². The molecule has 2 aromatic rings. The lowest BCUT2D eigenvalue weighted by Gasteiger charge is -2.33. The normalized spacial score (nSPS) is 27.0. The van der Waals surface area contributed by atoms with E-state index in [9.17, 15) is 24.9 Å². The van der Waals surface area contributed by atoms with E-state index in [-0.39, 0.29) is 30.9 Å². The first kappa shape index (κ1) is 20.1. The number of carbonyl (C=O) groups excluding carboxylic acids is 1. The van der Waals surface area contributed by atoms with E-state index < -0.39 is 36.3 Å². The minimum absolute atomic E-state index is 0.00472. The second-order valence-electron chi connectivity index (χ2n) is 6.64. The van der Waals surface area contributed by atoms with Gasteiger partial charge in [-0.05, 0) is 31.0 Å². The van der Waals surface area contributed by atoms with Crippen LogP contribution in [0.3, 0.4) is 0 Å². The Bertz CT molecular complexity index is 889. The van der Waals surface area contributed by atoms with Crippen LogP contribution in [0.1, 0.15) is 29.6 Å². The third-order valence-corrected chi connectivity index (χ3v) is 4.86. The quantitative estimate of drug-likeness (QED) is 0.436. The second kappa shape index (κ2) is 8.15. The highest BCUT2D eigenvalue weighted by Crippen LogP contribution is 2.39. The summed E-state index contributed by atoms with van der Waals surface area (Å²) >= 11 is 0. The number of nitrogens with two attached hydrogens (primary N) is 1. The summed E-state index contributed by atoms with van der Waals surface area (Å²) in [6.45, 7) is -0.550. The standard InChI is InChI=1S/C18H22N4O6/c19-14-5-8-22(17(27)21-14)18(16(26)15(25)13(10-23)28-18)6-1-4-12(24)11-3-2-7-20-9-11/h2-3,5,7-9,13,15-16,23,25-26H,1,4,6,10H2,(H2,19,21,27)/t13-,15-,16-,18-/m1/s1. The summed E-state index contributed by atoms with van der Waals surface area (Å²) in [7, 11) is 0. The Hall–Kier alpha value is -2.66. The van der Waals surface area contributed by atoms with Gasteiger partial charge in [-0.15, -0.1) is 0 Å². The van der Waals surface area contributed by atoms with Crippen molar-refractivity contribution in [3.05, 3.63) is 52.8 Å². The summed E-state index contributed by atoms with van der Waals surface area (Å²) in [5, 5.41) is 30.3. The molecule has 0 aromatic carbocycles. The van der Waals surface area contributed by atoms with Crippen molar-refractivity contribution in [1.29, 1.82) is 0 Å². The highest BCUT2D eigenvalue weighted by Gasteiger charge is 2.55. The third kappa shape index (κ3) is 3.67. The number of hydrogen-bond acceptors (Lipinski definition) is 9. The van der Waals surface area contributed by atoms with Gasteiger partial charge in [0.25, 0.3) is 0 Å². The first-order valence-electron chi connectivity index (χ1n) is 8.83. The number of ketones is 1. The molecule has 5 N–H and O–H groups in total. The minimum atomic E-state index is -1.68. The molecule has 0 unspecified atom stereocenters. The first-order valence-corrected chi connectivity index (χ1v) is 8.83. The number of Topliss-reactive ketones (excluding diaryl/α,β-unsaturated/α-hetero) is 1. The number of aliphatic hydroxyl groups is 3. The minimum Gasteiger partial charge on any atom is -0.394 e. The number of pyridine rings is 1. The van der Waals surface area contributed by atoms with Crippen LogP contribution in [-0.4, -0.2) is 60.6 Å². The van der Waals surface area contributed by atoms with Crippen molar-refractivity contribution < 1.29 is 24.9 Å². The molecular weight excluding hydrogens is 368 g/mol. The van der Waals surface area contributed by atoms with Crippen LogP contribution in [0, 0.1) is 0 Å². The Morgan fingerprint density at radius 1 is 1.36 bits per heavy atom. The summed E-state index contributed by atoms with van der Waals surface area (Å²) in [6, 6.07) is 4.66. The van der Waals surface area contributed by atoms with Crippen LogP contribution in [0.25, 0.3) is 0 Å². The summed E-state index contributed by atoms with van der Waals surface area (Å²) in [5.41, 5.74) is 3.51. The number of aliphatic hydroxyl groups excluding tert-OH is 3. The van der Waals surface area contributed by atoms with Gasteiger partial charge in [0.1, 0.15) is 24.1 Å². The zero-order valence-electron chi connectivity index (χ0n) is 15.0. The van der Waals surface area contributed by atoms with Gasteiger partial charge in [0.15, 0.2) is 11.5 Å². The number of aromatic nitrogens is 3. The predicted molar refractivity (Wildman–Crippen MR) is 97.3 cm³/mol. The number of nitrogens with zero attached hydrogens (tertiary/aromatic N) is 3. The van der Waals surface area contributed by atoms with Crippen LogP contribution < -0.4 is 11.4 Å². The topological polar surface area (TPSA) is 161 Å². The van der Waals surface area contributed by atoms with Gasteiger partial charge in [-0.3, -0.25) is 14.3 Å². The van der Waals surface area contributed by atoms with Crippen LogP contribution in [0.2, 0.25) is 0 Å². The predicted octanol–water partition coefficient (Wildman–Crippen LogP) is -0.961. The molecule has 0 amide bonds. The number of carbonyl (C=O) groups is 1. The molecule has 3 heterocycles. The van der Waals surface area contributed by atoms with E-state index in [0.29, 0.717) is 5.56 Å². The molecule has 0 bridgehead atoms. The van der Waals surface area contributed by atoms with E-state index in [4.69, 9.17) is 10.5 Å². The van der Waals surface area contributed by atoms with E-state index in [1.54, 1.807) is 18.3 Å². The summed E-state index contributed by atoms with van der Waals surface area (Å²) in [6.07, 6.45) is 0.693. The molecule has 0 aliphatic carbocycles. The first-order chi connectivity index (χ1) is 13.4. The van der Waals surface area contributed by atoms with Crippen LogP contribution in [0.5, 0.6) is 0 Å². The van der Waals surface area contributed by atoms with Gasteiger partial charge < -0.3 is 25.8 Å². The van der Waals surface area contributed by atoms with Crippen LogP contribution >= 0.6 is 0 Å². The molecule has 10 heteroatoms. The van der Waals surface area contributed by atoms with Gasteiger partial charge in [-0.25, -0.2) is 4.79 Å². The zero-order chi connectivity index (χ0) is 20.3. The fourth-order valence-electron chi connectivity index (χ4n) is 3.42. The molecule has 0 spiro atoms. The Balaban J connectivity index is 1.85. The molecule has 28 heavy (non-hydrogen) atoms. The van der Waals surface area contributed by atoms with E-state index >= 15 is 0 Å². The highest BCUT2D eigenvalue weighted by molar-refractivity contribution is 5.95. The molecular formula is C18H22N4O6. The van der Waals surface area contributed by atoms with E-state index in [1.165, 1.54) is 18.5 Å². The van der Waals surface area contributed by atoms with E-state index in [2.05, 4.69) is 9.97 Å². The van der Waals surface area contributed by atoms with Gasteiger partial charge in [-0.2, -0.15) is 4.98 Å². The number of anilines is 1. The number of rotatable bonds is 7. The maximum atomic E-state index is 12.4. The lowest BCUT2D eigenvalue weighted by atomic mass is 9.95. The van der Waals surface area contributed by atoms with Crippen molar-refractivity contribution in [2.75, 3.05) is 12.3 Å². The summed E-state index contributed by atoms with van der Waals surface area (Å²) in [5.74, 6) is -0.160. The summed E-state index contributed by atoms with van der Waals surface area (Å²) < 4.78 is 6.77. The fraction of sp³-hybridized carbons (Fsp3) is 0.444. The van der Waals surface area contributed by atoms with Gasteiger partial charge in [0, 0.05) is 30.6 Å². The largest absolute Gasteiger partial charge is 0.394 e. The average Bonchev–Trinajstić information content (AvgIpc) is 2.94. The smallest absolute Gasteiger partial charge is 0.351 e. The molecule has 1 aliphatic rings. The molecule has 150 valence electrons. The van der Waals surface area contributed by atoms with Gasteiger partial charge in [0.05, 0.1) is 6.61 Å². The highest BCUT2D eigenvalue weighted by atomic mass is 16.6. The maximum Gasteiger partial charge on any atom is 0.351 e. The van der Waals surface area contributed by atoms with Crippen molar-refractivity contribution in [2.24, 2.45) is 0 Å². The Labute approximate surface area is 160 Å². The van der Waals surface area contributed by atoms with Gasteiger partial charge >= 0.3 is 5.69 Å². The van der Waals surface area contributed by atoms with Crippen molar-refractivity contribution in [1.82, 2.24) is 14.5 Å². The molecule has 0 saturated carbocycles. The van der Waals surface area contributed by atoms with E-state index in [0.717, 1.165) is 4.57 Å². The van der Waals surface area contributed by atoms with Crippen molar-refractivity contribution in [3.8, 4) is 0 Å². The van der Waals surface area contributed by atoms with E-state index in [1.807, 2.05) is 0 Å². The zero-order valence-corrected chi connectivity index (χ0v) is 15.0. The lowest BCUT2D eigenvalue weighted by molar-refractivity contribution is -0.155. The lowest BCUT2D eigenvalue weighted by Crippen LogP contribution is -2.50. The monoisotopic (exact) mass is 390 g/mol. The SMILES string of the molecule is Nc1ccn([C@]2(CCCC(=O)c3cccnc3)O[C@H](CO)[C@@H](O)[C@H]2O)c(=O)n1. The van der Waals surface area contributed by atoms with Crippen LogP contribution in [0.15, 0.2) is 41.6 Å². The van der Waals surface area contributed by atoms with Gasteiger partial charge in [-0.1, -0.05) is 0 Å². The van der Waals surface area contributed by atoms with Crippen LogP contribution in [0.4, 0.5) is 5.82 Å². The number of ether oxygens (including phenoxy) is 1. The van der Waals surface area contributed by atoms with Crippen molar-refractivity contribution in [3.63, 3.8) is 0 Å². The molecule has 10 nitrogen and oxygen atoms in total. The Morgan fingerprint density at radius 2 is 2.14 bits per heavy atom. The Morgan fingerprint density at radius 3 is 2.75 bits per heavy atom. The summed E-state index contributed by atoms with van der Waals surface area (Å²) in [4.78, 5) is 32.2. The van der Waals surface area contributed by atoms with Crippen LogP contribution in [-0.2, 0) is 10.5 Å². The third-order valence-electron chi connectivity index (χ3n) is 4.86. The van der Waals surface area contributed by atoms with Crippen molar-refractivity contribution in [2.45, 2.75) is 43.3 Å². The number of hydrogen-bond donors (Lipinski definition) is 4. The average molecular weight is 390 g/mol.